The molecule has 1 heterocycles. The molecule has 0 aliphatic heterocycles. The number of H-pyrrole nitrogens is 1. The molecule has 1 amide bonds. The third-order valence-electron chi connectivity index (χ3n) is 3.57. The molecule has 2 aromatic rings. The number of aliphatic carboxylic acids is 1. The Labute approximate surface area is 124 Å². The molecule has 1 aromatic carbocycles. The first-order valence-electron chi connectivity index (χ1n) is 6.48. The zero-order valence-corrected chi connectivity index (χ0v) is 11.6. The Balaban J connectivity index is 1.90. The number of carbonyl (C=O) groups excluding carboxylic acids is 1. The van der Waals surface area contributed by atoms with Gasteiger partial charge in [0.25, 0.3) is 5.91 Å². The lowest BCUT2D eigenvalue weighted by Gasteiger charge is -2.12. The van der Waals surface area contributed by atoms with Crippen molar-refractivity contribution in [3.63, 3.8) is 0 Å². The second-order valence-corrected chi connectivity index (χ2v) is 5.51. The fourth-order valence-electron chi connectivity index (χ4n) is 2.31. The third kappa shape index (κ3) is 2.58. The Bertz CT molecular complexity index is 739. The van der Waals surface area contributed by atoms with Gasteiger partial charge in [-0.1, -0.05) is 11.6 Å². The number of halogens is 2. The van der Waals surface area contributed by atoms with E-state index in [9.17, 15) is 14.0 Å². The summed E-state index contributed by atoms with van der Waals surface area (Å²) in [6, 6.07) is 3.03. The van der Waals surface area contributed by atoms with Gasteiger partial charge in [-0.15, -0.1) is 0 Å². The first-order valence-corrected chi connectivity index (χ1v) is 6.85. The highest BCUT2D eigenvalue weighted by atomic mass is 35.5. The predicted octanol–water partition coefficient (Wildman–Crippen LogP) is 2.55. The average Bonchev–Trinajstić information content (AvgIpc) is 3.21. The zero-order chi connectivity index (χ0) is 15.1. The summed E-state index contributed by atoms with van der Waals surface area (Å²) in [5, 5.41) is 12.1. The summed E-state index contributed by atoms with van der Waals surface area (Å²) in [5.41, 5.74) is 0.564. The Hall–Kier alpha value is -2.08. The van der Waals surface area contributed by atoms with Gasteiger partial charge in [0, 0.05) is 10.9 Å². The molecule has 0 spiro atoms. The van der Waals surface area contributed by atoms with Crippen molar-refractivity contribution in [2.75, 3.05) is 0 Å². The molecule has 1 fully saturated rings. The van der Waals surface area contributed by atoms with Gasteiger partial charge in [-0.05, 0) is 37.0 Å². The highest BCUT2D eigenvalue weighted by Gasteiger charge is 2.37. The van der Waals surface area contributed by atoms with Crippen LogP contribution in [0.5, 0.6) is 0 Å². The third-order valence-corrected chi connectivity index (χ3v) is 3.96. The summed E-state index contributed by atoms with van der Waals surface area (Å²) >= 11 is 6.08. The van der Waals surface area contributed by atoms with E-state index in [0.29, 0.717) is 10.9 Å². The zero-order valence-electron chi connectivity index (χ0n) is 10.8. The largest absolute Gasteiger partial charge is 0.480 e. The number of carboxylic acids is 1. The van der Waals surface area contributed by atoms with Crippen molar-refractivity contribution in [1.82, 2.24) is 10.3 Å². The van der Waals surface area contributed by atoms with Gasteiger partial charge in [0.15, 0.2) is 0 Å². The number of benzene rings is 1. The van der Waals surface area contributed by atoms with Crippen LogP contribution in [0.1, 0.15) is 23.3 Å². The molecule has 1 saturated carbocycles. The normalized spacial score (nSPS) is 15.9. The molecule has 1 aliphatic carbocycles. The maximum absolute atomic E-state index is 13.2. The molecule has 3 N–H and O–H groups in total. The highest BCUT2D eigenvalue weighted by molar-refractivity contribution is 6.38. The number of aromatic amines is 1. The molecule has 3 rings (SSSR count). The van der Waals surface area contributed by atoms with Crippen LogP contribution in [0, 0.1) is 11.7 Å². The van der Waals surface area contributed by atoms with Gasteiger partial charge >= 0.3 is 5.97 Å². The van der Waals surface area contributed by atoms with Crippen LogP contribution in [0.15, 0.2) is 18.2 Å². The quantitative estimate of drug-likeness (QED) is 0.811. The van der Waals surface area contributed by atoms with Gasteiger partial charge < -0.3 is 15.4 Å². The minimum absolute atomic E-state index is 0.0351. The van der Waals surface area contributed by atoms with Crippen molar-refractivity contribution in [1.29, 1.82) is 0 Å². The van der Waals surface area contributed by atoms with Crippen LogP contribution in [0.2, 0.25) is 5.02 Å². The molecule has 0 bridgehead atoms. The lowest BCUT2D eigenvalue weighted by Crippen LogP contribution is -2.42. The van der Waals surface area contributed by atoms with Gasteiger partial charge in [-0.25, -0.2) is 9.18 Å². The van der Waals surface area contributed by atoms with Gasteiger partial charge in [0.1, 0.15) is 17.6 Å². The van der Waals surface area contributed by atoms with Crippen molar-refractivity contribution in [2.45, 2.75) is 18.9 Å². The van der Waals surface area contributed by atoms with E-state index in [2.05, 4.69) is 10.3 Å². The Morgan fingerprint density at radius 2 is 2.14 bits per heavy atom. The molecular formula is C14H12ClFN2O3. The first-order chi connectivity index (χ1) is 9.97. The molecule has 0 radical (unpaired) electrons. The van der Waals surface area contributed by atoms with Crippen molar-refractivity contribution in [2.24, 2.45) is 5.92 Å². The summed E-state index contributed by atoms with van der Waals surface area (Å²) < 4.78 is 13.2. The van der Waals surface area contributed by atoms with Crippen LogP contribution in [0.3, 0.4) is 0 Å². The summed E-state index contributed by atoms with van der Waals surface area (Å²) in [6.45, 7) is 0. The van der Waals surface area contributed by atoms with E-state index in [0.717, 1.165) is 12.8 Å². The number of aromatic nitrogens is 1. The summed E-state index contributed by atoms with van der Waals surface area (Å²) in [5.74, 6) is -2.16. The molecule has 110 valence electrons. The molecule has 1 aromatic heterocycles. The number of nitrogens with one attached hydrogen (secondary N) is 2. The maximum Gasteiger partial charge on any atom is 0.326 e. The molecular weight excluding hydrogens is 299 g/mol. The van der Waals surface area contributed by atoms with E-state index in [1.165, 1.54) is 18.2 Å². The first kappa shape index (κ1) is 13.9. The molecule has 21 heavy (non-hydrogen) atoms. The Kier molecular flexibility index (Phi) is 3.33. The molecule has 1 aliphatic rings. The Morgan fingerprint density at radius 1 is 1.43 bits per heavy atom. The van der Waals surface area contributed by atoms with Crippen LogP contribution < -0.4 is 5.32 Å². The number of hydrogen-bond donors (Lipinski definition) is 3. The van der Waals surface area contributed by atoms with E-state index in [1.54, 1.807) is 0 Å². The van der Waals surface area contributed by atoms with Crippen LogP contribution in [0.25, 0.3) is 10.9 Å². The molecule has 0 saturated heterocycles. The monoisotopic (exact) mass is 310 g/mol. The molecule has 7 heteroatoms. The average molecular weight is 311 g/mol. The SMILES string of the molecule is O=C(NC(C(=O)O)C1CC1)c1[nH]c2ccc(F)cc2c1Cl. The highest BCUT2D eigenvalue weighted by Crippen LogP contribution is 2.33. The lowest BCUT2D eigenvalue weighted by molar-refractivity contribution is -0.139. The molecule has 1 unspecified atom stereocenters. The van der Waals surface area contributed by atoms with Crippen molar-refractivity contribution >= 4 is 34.4 Å². The fourth-order valence-corrected chi connectivity index (χ4v) is 2.60. The van der Waals surface area contributed by atoms with Crippen LogP contribution in [0.4, 0.5) is 4.39 Å². The maximum atomic E-state index is 13.2. The van der Waals surface area contributed by atoms with Crippen LogP contribution in [-0.4, -0.2) is 28.0 Å². The molecule has 5 nitrogen and oxygen atoms in total. The van der Waals surface area contributed by atoms with Gasteiger partial charge in [0.05, 0.1) is 5.02 Å². The summed E-state index contributed by atoms with van der Waals surface area (Å²) in [7, 11) is 0. The van der Waals surface area contributed by atoms with Crippen LogP contribution >= 0.6 is 11.6 Å². The number of amides is 1. The minimum atomic E-state index is -1.07. The fraction of sp³-hybridized carbons (Fsp3) is 0.286. The van der Waals surface area contributed by atoms with Crippen molar-refractivity contribution in [3.8, 4) is 0 Å². The summed E-state index contributed by atoms with van der Waals surface area (Å²) in [6.07, 6.45) is 1.56. The Morgan fingerprint density at radius 3 is 2.76 bits per heavy atom. The summed E-state index contributed by atoms with van der Waals surface area (Å²) in [4.78, 5) is 26.1. The minimum Gasteiger partial charge on any atom is -0.480 e. The van der Waals surface area contributed by atoms with E-state index in [4.69, 9.17) is 16.7 Å². The van der Waals surface area contributed by atoms with Crippen molar-refractivity contribution < 1.29 is 19.1 Å². The number of hydrogen-bond acceptors (Lipinski definition) is 2. The van der Waals surface area contributed by atoms with Crippen molar-refractivity contribution in [3.05, 3.63) is 34.7 Å². The van der Waals surface area contributed by atoms with E-state index >= 15 is 0 Å². The standard InChI is InChI=1S/C14H12ClFN2O3/c15-10-8-5-7(16)3-4-9(8)17-12(10)13(19)18-11(14(20)21)6-1-2-6/h3-6,11,17H,1-2H2,(H,18,19)(H,20,21). The van der Waals surface area contributed by atoms with E-state index in [-0.39, 0.29) is 16.6 Å². The van der Waals surface area contributed by atoms with Crippen LogP contribution in [-0.2, 0) is 4.79 Å². The molecule has 1 atom stereocenters. The smallest absolute Gasteiger partial charge is 0.326 e. The number of rotatable bonds is 4. The number of fused-ring (bicyclic) bond motifs is 1. The van der Waals surface area contributed by atoms with Gasteiger partial charge in [-0.3, -0.25) is 4.79 Å². The van der Waals surface area contributed by atoms with Gasteiger partial charge in [0.2, 0.25) is 0 Å². The lowest BCUT2D eigenvalue weighted by atomic mass is 10.2. The topological polar surface area (TPSA) is 82.2 Å². The second kappa shape index (κ2) is 5.04. The second-order valence-electron chi connectivity index (χ2n) is 5.13. The number of carboxylic acid groups (broad SMARTS) is 1. The van der Waals surface area contributed by atoms with E-state index in [1.807, 2.05) is 0 Å². The predicted molar refractivity (Wildman–Crippen MR) is 74.9 cm³/mol. The number of carbonyl (C=O) groups is 2. The van der Waals surface area contributed by atoms with E-state index < -0.39 is 23.7 Å². The van der Waals surface area contributed by atoms with Gasteiger partial charge in [-0.2, -0.15) is 0 Å².